The Morgan fingerprint density at radius 3 is 2.76 bits per heavy atom. The standard InChI is InChI=1S/C14H16N4O3/c1-9-6-12(17-16-9)14(19)18-15-8-10-4-5-11(20-2)7-13(10)21-3/h4-8H,1-3H3,(H,16,17)(H,18,19). The molecule has 2 N–H and O–H groups in total. The van der Waals surface area contributed by atoms with Crippen LogP contribution >= 0.6 is 0 Å². The monoisotopic (exact) mass is 288 g/mol. The van der Waals surface area contributed by atoms with Crippen LogP contribution < -0.4 is 14.9 Å². The zero-order valence-corrected chi connectivity index (χ0v) is 12.0. The highest BCUT2D eigenvalue weighted by Gasteiger charge is 2.08. The van der Waals surface area contributed by atoms with Gasteiger partial charge in [0.2, 0.25) is 0 Å². The lowest BCUT2D eigenvalue weighted by atomic mass is 10.2. The predicted octanol–water partition coefficient (Wildman–Crippen LogP) is 1.50. The number of H-pyrrole nitrogens is 1. The van der Waals surface area contributed by atoms with Crippen molar-refractivity contribution in [3.8, 4) is 11.5 Å². The van der Waals surface area contributed by atoms with Crippen molar-refractivity contribution >= 4 is 12.1 Å². The van der Waals surface area contributed by atoms with Crippen LogP contribution in [-0.4, -0.2) is 36.5 Å². The number of aromatic amines is 1. The first-order valence-corrected chi connectivity index (χ1v) is 6.21. The second-order valence-corrected chi connectivity index (χ2v) is 4.24. The molecule has 7 nitrogen and oxygen atoms in total. The first-order chi connectivity index (χ1) is 10.1. The van der Waals surface area contributed by atoms with Gasteiger partial charge in [0.15, 0.2) is 5.69 Å². The van der Waals surface area contributed by atoms with Gasteiger partial charge in [0, 0.05) is 17.3 Å². The van der Waals surface area contributed by atoms with E-state index in [2.05, 4.69) is 20.7 Å². The van der Waals surface area contributed by atoms with Crippen LogP contribution in [0.3, 0.4) is 0 Å². The minimum absolute atomic E-state index is 0.284. The van der Waals surface area contributed by atoms with Gasteiger partial charge < -0.3 is 9.47 Å². The Balaban J connectivity index is 2.06. The van der Waals surface area contributed by atoms with Gasteiger partial charge in [0.1, 0.15) is 11.5 Å². The van der Waals surface area contributed by atoms with Gasteiger partial charge in [0.05, 0.1) is 20.4 Å². The number of ether oxygens (including phenoxy) is 2. The molecular weight excluding hydrogens is 272 g/mol. The van der Waals surface area contributed by atoms with E-state index in [1.807, 2.05) is 6.92 Å². The molecule has 1 heterocycles. The molecular formula is C14H16N4O3. The van der Waals surface area contributed by atoms with Crippen molar-refractivity contribution in [1.82, 2.24) is 15.6 Å². The average Bonchev–Trinajstić information content (AvgIpc) is 2.94. The Morgan fingerprint density at radius 2 is 2.14 bits per heavy atom. The summed E-state index contributed by atoms with van der Waals surface area (Å²) in [6, 6.07) is 6.94. The number of methoxy groups -OCH3 is 2. The molecule has 0 atom stereocenters. The molecule has 0 fully saturated rings. The molecule has 2 aromatic rings. The summed E-state index contributed by atoms with van der Waals surface area (Å²) in [6.07, 6.45) is 1.50. The van der Waals surface area contributed by atoms with Crippen LogP contribution in [0.4, 0.5) is 0 Å². The normalized spacial score (nSPS) is 10.6. The molecule has 110 valence electrons. The molecule has 0 bridgehead atoms. The van der Waals surface area contributed by atoms with Gasteiger partial charge in [-0.05, 0) is 25.1 Å². The lowest BCUT2D eigenvalue weighted by molar-refractivity contribution is 0.0950. The topological polar surface area (TPSA) is 88.6 Å². The minimum Gasteiger partial charge on any atom is -0.497 e. The van der Waals surface area contributed by atoms with Gasteiger partial charge >= 0.3 is 0 Å². The number of nitrogens with one attached hydrogen (secondary N) is 2. The minimum atomic E-state index is -0.386. The first kappa shape index (κ1) is 14.6. The fraction of sp³-hybridized carbons (Fsp3) is 0.214. The lowest BCUT2D eigenvalue weighted by Crippen LogP contribution is -2.18. The maximum absolute atomic E-state index is 11.7. The Kier molecular flexibility index (Phi) is 4.55. The van der Waals surface area contributed by atoms with Crippen LogP contribution in [0.5, 0.6) is 11.5 Å². The summed E-state index contributed by atoms with van der Waals surface area (Å²) in [7, 11) is 3.13. The molecule has 0 aliphatic heterocycles. The molecule has 0 saturated heterocycles. The number of carbonyl (C=O) groups is 1. The second-order valence-electron chi connectivity index (χ2n) is 4.24. The number of hydrogen-bond donors (Lipinski definition) is 2. The predicted molar refractivity (Wildman–Crippen MR) is 77.9 cm³/mol. The van der Waals surface area contributed by atoms with Crippen molar-refractivity contribution in [3.05, 3.63) is 41.2 Å². The summed E-state index contributed by atoms with van der Waals surface area (Å²) in [6.45, 7) is 1.81. The highest BCUT2D eigenvalue weighted by atomic mass is 16.5. The third-order valence-electron chi connectivity index (χ3n) is 2.75. The van der Waals surface area contributed by atoms with Gasteiger partial charge in [-0.1, -0.05) is 0 Å². The second kappa shape index (κ2) is 6.56. The third-order valence-corrected chi connectivity index (χ3v) is 2.75. The smallest absolute Gasteiger partial charge is 0.291 e. The molecule has 0 saturated carbocycles. The number of amides is 1. The van der Waals surface area contributed by atoms with Crippen LogP contribution in [0.2, 0.25) is 0 Å². The number of nitrogens with zero attached hydrogens (tertiary/aromatic N) is 2. The van der Waals surface area contributed by atoms with Gasteiger partial charge in [-0.25, -0.2) is 5.43 Å². The highest BCUT2D eigenvalue weighted by Crippen LogP contribution is 2.22. The summed E-state index contributed by atoms with van der Waals surface area (Å²) in [4.78, 5) is 11.7. The number of carbonyl (C=O) groups excluding carboxylic acids is 1. The Morgan fingerprint density at radius 1 is 1.33 bits per heavy atom. The Bertz CT molecular complexity index is 664. The van der Waals surface area contributed by atoms with Crippen LogP contribution in [0.1, 0.15) is 21.7 Å². The fourth-order valence-electron chi connectivity index (χ4n) is 1.68. The van der Waals surface area contributed by atoms with E-state index in [9.17, 15) is 4.79 Å². The zero-order chi connectivity index (χ0) is 15.2. The molecule has 0 aliphatic carbocycles. The SMILES string of the molecule is COc1ccc(C=NNC(=O)c2cc(C)[nH]n2)c(OC)c1. The largest absolute Gasteiger partial charge is 0.497 e. The average molecular weight is 288 g/mol. The van der Waals surface area contributed by atoms with E-state index in [0.29, 0.717) is 11.5 Å². The molecule has 0 unspecified atom stereocenters. The van der Waals surface area contributed by atoms with Gasteiger partial charge in [-0.3, -0.25) is 9.89 Å². The van der Waals surface area contributed by atoms with E-state index in [0.717, 1.165) is 11.3 Å². The number of benzene rings is 1. The highest BCUT2D eigenvalue weighted by molar-refractivity contribution is 5.93. The van der Waals surface area contributed by atoms with Crippen molar-refractivity contribution in [2.45, 2.75) is 6.92 Å². The number of hydrazone groups is 1. The maximum atomic E-state index is 11.7. The molecule has 0 radical (unpaired) electrons. The van der Waals surface area contributed by atoms with Crippen LogP contribution in [-0.2, 0) is 0 Å². The van der Waals surface area contributed by atoms with Gasteiger partial charge in [-0.15, -0.1) is 0 Å². The summed E-state index contributed by atoms with van der Waals surface area (Å²) in [5.74, 6) is 0.895. The number of aryl methyl sites for hydroxylation is 1. The fourth-order valence-corrected chi connectivity index (χ4v) is 1.68. The van der Waals surface area contributed by atoms with Crippen molar-refractivity contribution in [2.24, 2.45) is 5.10 Å². The van der Waals surface area contributed by atoms with E-state index in [-0.39, 0.29) is 11.6 Å². The van der Waals surface area contributed by atoms with E-state index in [4.69, 9.17) is 9.47 Å². The Labute approximate surface area is 122 Å². The molecule has 0 spiro atoms. The van der Waals surface area contributed by atoms with Crippen LogP contribution in [0.15, 0.2) is 29.4 Å². The van der Waals surface area contributed by atoms with E-state index >= 15 is 0 Å². The van der Waals surface area contributed by atoms with E-state index in [1.54, 1.807) is 38.5 Å². The zero-order valence-electron chi connectivity index (χ0n) is 12.0. The van der Waals surface area contributed by atoms with Crippen molar-refractivity contribution in [2.75, 3.05) is 14.2 Å². The van der Waals surface area contributed by atoms with Gasteiger partial charge in [-0.2, -0.15) is 10.2 Å². The quantitative estimate of drug-likeness (QED) is 0.644. The molecule has 1 aromatic heterocycles. The van der Waals surface area contributed by atoms with Crippen molar-refractivity contribution in [1.29, 1.82) is 0 Å². The molecule has 0 aliphatic rings. The molecule has 1 amide bonds. The maximum Gasteiger partial charge on any atom is 0.291 e. The van der Waals surface area contributed by atoms with Crippen molar-refractivity contribution < 1.29 is 14.3 Å². The molecule has 1 aromatic carbocycles. The molecule has 2 rings (SSSR count). The van der Waals surface area contributed by atoms with E-state index < -0.39 is 0 Å². The molecule has 7 heteroatoms. The summed E-state index contributed by atoms with van der Waals surface area (Å²) < 4.78 is 10.3. The number of aromatic nitrogens is 2. The number of rotatable bonds is 5. The van der Waals surface area contributed by atoms with Crippen molar-refractivity contribution in [3.63, 3.8) is 0 Å². The van der Waals surface area contributed by atoms with E-state index in [1.165, 1.54) is 6.21 Å². The van der Waals surface area contributed by atoms with Gasteiger partial charge in [0.25, 0.3) is 5.91 Å². The summed E-state index contributed by atoms with van der Waals surface area (Å²) >= 11 is 0. The Hall–Kier alpha value is -2.83. The first-order valence-electron chi connectivity index (χ1n) is 6.21. The number of hydrogen-bond acceptors (Lipinski definition) is 5. The summed E-state index contributed by atoms with van der Waals surface area (Å²) in [5.41, 5.74) is 4.21. The molecule has 21 heavy (non-hydrogen) atoms. The third kappa shape index (κ3) is 3.59. The van der Waals surface area contributed by atoms with Crippen LogP contribution in [0, 0.1) is 6.92 Å². The lowest BCUT2D eigenvalue weighted by Gasteiger charge is -2.06. The van der Waals surface area contributed by atoms with Crippen LogP contribution in [0.25, 0.3) is 0 Å². The summed E-state index contributed by atoms with van der Waals surface area (Å²) in [5, 5.41) is 10.4.